The van der Waals surface area contributed by atoms with E-state index in [1.165, 1.54) is 6.07 Å². The van der Waals surface area contributed by atoms with Crippen LogP contribution in [0.1, 0.15) is 32.8 Å². The molecular weight excluding hydrogens is 208 g/mol. The van der Waals surface area contributed by atoms with Crippen LogP contribution in [-0.4, -0.2) is 6.04 Å². The molecular formula is C13H19F2N. The maximum Gasteiger partial charge on any atom is 0.159 e. The fourth-order valence-electron chi connectivity index (χ4n) is 1.46. The molecule has 0 amide bonds. The van der Waals surface area contributed by atoms with Crippen molar-refractivity contribution < 1.29 is 8.78 Å². The van der Waals surface area contributed by atoms with Crippen molar-refractivity contribution in [2.24, 2.45) is 11.1 Å². The van der Waals surface area contributed by atoms with E-state index in [-0.39, 0.29) is 11.5 Å². The Hall–Kier alpha value is -0.960. The molecule has 1 unspecified atom stereocenters. The van der Waals surface area contributed by atoms with Gasteiger partial charge in [-0.15, -0.1) is 0 Å². The Labute approximate surface area is 95.7 Å². The van der Waals surface area contributed by atoms with Crippen LogP contribution in [0.4, 0.5) is 8.78 Å². The highest BCUT2D eigenvalue weighted by Gasteiger charge is 2.24. The van der Waals surface area contributed by atoms with Crippen LogP contribution in [0, 0.1) is 17.0 Å². The van der Waals surface area contributed by atoms with Crippen LogP contribution in [0.15, 0.2) is 18.2 Å². The van der Waals surface area contributed by atoms with Gasteiger partial charge in [-0.05, 0) is 36.0 Å². The first-order chi connectivity index (χ1) is 7.36. The van der Waals surface area contributed by atoms with Gasteiger partial charge in [-0.3, -0.25) is 0 Å². The lowest BCUT2D eigenvalue weighted by atomic mass is 9.79. The summed E-state index contributed by atoms with van der Waals surface area (Å²) in [6.45, 7) is 6.24. The first-order valence-electron chi connectivity index (χ1n) is 5.56. The zero-order valence-electron chi connectivity index (χ0n) is 10.1. The molecule has 0 aliphatic rings. The molecule has 1 atom stereocenters. The topological polar surface area (TPSA) is 26.0 Å². The highest BCUT2D eigenvalue weighted by molar-refractivity contribution is 5.19. The molecule has 0 fully saturated rings. The summed E-state index contributed by atoms with van der Waals surface area (Å²) in [6, 6.07) is 3.91. The molecule has 1 aromatic carbocycles. The van der Waals surface area contributed by atoms with Gasteiger partial charge < -0.3 is 5.73 Å². The molecule has 0 heterocycles. The highest BCUT2D eigenvalue weighted by Crippen LogP contribution is 2.26. The minimum atomic E-state index is -0.813. The molecule has 90 valence electrons. The fraction of sp³-hybridized carbons (Fsp3) is 0.538. The zero-order chi connectivity index (χ0) is 12.3. The van der Waals surface area contributed by atoms with Crippen LogP contribution in [0.3, 0.4) is 0 Å². The largest absolute Gasteiger partial charge is 0.327 e. The summed E-state index contributed by atoms with van der Waals surface area (Å²) in [5.41, 5.74) is 6.81. The highest BCUT2D eigenvalue weighted by atomic mass is 19.2. The molecule has 2 N–H and O–H groups in total. The van der Waals surface area contributed by atoms with Crippen molar-refractivity contribution in [3.63, 3.8) is 0 Å². The summed E-state index contributed by atoms with van der Waals surface area (Å²) in [6.07, 6.45) is 1.52. The normalized spacial score (nSPS) is 13.9. The van der Waals surface area contributed by atoms with Gasteiger partial charge in [0.1, 0.15) is 0 Å². The van der Waals surface area contributed by atoms with Gasteiger partial charge in [0.2, 0.25) is 0 Å². The van der Waals surface area contributed by atoms with Gasteiger partial charge in [0.25, 0.3) is 0 Å². The average molecular weight is 227 g/mol. The number of hydrogen-bond donors (Lipinski definition) is 1. The lowest BCUT2D eigenvalue weighted by molar-refractivity contribution is 0.272. The molecule has 0 bridgehead atoms. The standard InChI is InChI=1S/C13H19F2N/c1-4-13(2,3)12(16)8-9-5-6-10(14)11(15)7-9/h5-7,12H,4,8,16H2,1-3H3. The Morgan fingerprint density at radius 2 is 1.88 bits per heavy atom. The van der Waals surface area contributed by atoms with E-state index in [9.17, 15) is 8.78 Å². The lowest BCUT2D eigenvalue weighted by Gasteiger charge is -2.30. The molecule has 1 rings (SSSR count). The maximum atomic E-state index is 13.0. The van der Waals surface area contributed by atoms with Gasteiger partial charge in [-0.1, -0.05) is 26.8 Å². The predicted octanol–water partition coefficient (Wildman–Crippen LogP) is 3.27. The summed E-state index contributed by atoms with van der Waals surface area (Å²) in [7, 11) is 0. The number of benzene rings is 1. The molecule has 0 aliphatic carbocycles. The van der Waals surface area contributed by atoms with E-state index in [0.29, 0.717) is 6.42 Å². The SMILES string of the molecule is CCC(C)(C)C(N)Cc1ccc(F)c(F)c1. The van der Waals surface area contributed by atoms with Crippen LogP contribution in [0.5, 0.6) is 0 Å². The van der Waals surface area contributed by atoms with Crippen LogP contribution < -0.4 is 5.73 Å². The third-order valence-corrected chi connectivity index (χ3v) is 3.35. The minimum Gasteiger partial charge on any atom is -0.327 e. The third-order valence-electron chi connectivity index (χ3n) is 3.35. The van der Waals surface area contributed by atoms with Gasteiger partial charge in [-0.2, -0.15) is 0 Å². The maximum absolute atomic E-state index is 13.0. The van der Waals surface area contributed by atoms with Gasteiger partial charge in [-0.25, -0.2) is 8.78 Å². The predicted molar refractivity (Wildman–Crippen MR) is 62.1 cm³/mol. The third kappa shape index (κ3) is 3.01. The number of nitrogens with two attached hydrogens (primary N) is 1. The Kier molecular flexibility index (Phi) is 4.03. The van der Waals surface area contributed by atoms with Crippen molar-refractivity contribution in [1.82, 2.24) is 0 Å². The minimum absolute atomic E-state index is 0.00482. The van der Waals surface area contributed by atoms with Crippen molar-refractivity contribution in [3.05, 3.63) is 35.4 Å². The quantitative estimate of drug-likeness (QED) is 0.839. The van der Waals surface area contributed by atoms with E-state index in [4.69, 9.17) is 5.73 Å². The molecule has 3 heteroatoms. The second-order valence-corrected chi connectivity index (χ2v) is 4.90. The van der Waals surface area contributed by atoms with E-state index in [1.807, 2.05) is 0 Å². The molecule has 0 aromatic heterocycles. The Morgan fingerprint density at radius 3 is 2.38 bits per heavy atom. The summed E-state index contributed by atoms with van der Waals surface area (Å²) in [4.78, 5) is 0. The second-order valence-electron chi connectivity index (χ2n) is 4.90. The van der Waals surface area contributed by atoms with Gasteiger partial charge >= 0.3 is 0 Å². The molecule has 16 heavy (non-hydrogen) atoms. The van der Waals surface area contributed by atoms with E-state index in [2.05, 4.69) is 20.8 Å². The number of rotatable bonds is 4. The smallest absolute Gasteiger partial charge is 0.159 e. The van der Waals surface area contributed by atoms with E-state index < -0.39 is 11.6 Å². The Balaban J connectivity index is 2.77. The van der Waals surface area contributed by atoms with E-state index in [1.54, 1.807) is 6.07 Å². The first kappa shape index (κ1) is 13.1. The first-order valence-corrected chi connectivity index (χ1v) is 5.56. The van der Waals surface area contributed by atoms with Crippen LogP contribution in [0.2, 0.25) is 0 Å². The molecule has 1 nitrogen and oxygen atoms in total. The Morgan fingerprint density at radius 1 is 1.25 bits per heavy atom. The molecule has 1 aromatic rings. The molecule has 0 saturated carbocycles. The second kappa shape index (κ2) is 4.91. The summed E-state index contributed by atoms with van der Waals surface area (Å²) in [5, 5.41) is 0. The van der Waals surface area contributed by atoms with Crippen molar-refractivity contribution >= 4 is 0 Å². The molecule has 0 aliphatic heterocycles. The number of halogens is 2. The zero-order valence-corrected chi connectivity index (χ0v) is 10.1. The lowest BCUT2D eigenvalue weighted by Crippen LogP contribution is -2.38. The Bertz CT molecular complexity index is 361. The van der Waals surface area contributed by atoms with Crippen molar-refractivity contribution in [2.45, 2.75) is 39.7 Å². The van der Waals surface area contributed by atoms with Gasteiger partial charge in [0.05, 0.1) is 0 Å². The molecule has 0 radical (unpaired) electrons. The van der Waals surface area contributed by atoms with Crippen LogP contribution >= 0.6 is 0 Å². The van der Waals surface area contributed by atoms with E-state index in [0.717, 1.165) is 18.1 Å². The van der Waals surface area contributed by atoms with E-state index >= 15 is 0 Å². The van der Waals surface area contributed by atoms with Crippen molar-refractivity contribution in [2.75, 3.05) is 0 Å². The average Bonchev–Trinajstić information content (AvgIpc) is 2.23. The van der Waals surface area contributed by atoms with Crippen molar-refractivity contribution in [3.8, 4) is 0 Å². The number of hydrogen-bond acceptors (Lipinski definition) is 1. The van der Waals surface area contributed by atoms with Gasteiger partial charge in [0.15, 0.2) is 11.6 Å². The summed E-state index contributed by atoms with van der Waals surface area (Å²) in [5.74, 6) is -1.62. The summed E-state index contributed by atoms with van der Waals surface area (Å²) >= 11 is 0. The van der Waals surface area contributed by atoms with Crippen LogP contribution in [-0.2, 0) is 6.42 Å². The summed E-state index contributed by atoms with van der Waals surface area (Å²) < 4.78 is 25.7. The molecule has 0 saturated heterocycles. The monoisotopic (exact) mass is 227 g/mol. The van der Waals surface area contributed by atoms with Crippen molar-refractivity contribution in [1.29, 1.82) is 0 Å². The fourth-order valence-corrected chi connectivity index (χ4v) is 1.46. The van der Waals surface area contributed by atoms with Gasteiger partial charge in [0, 0.05) is 6.04 Å². The molecule has 0 spiro atoms. The van der Waals surface area contributed by atoms with Crippen LogP contribution in [0.25, 0.3) is 0 Å².